The zero-order valence-corrected chi connectivity index (χ0v) is 14.3. The zero-order chi connectivity index (χ0) is 18.0. The van der Waals surface area contributed by atoms with E-state index in [9.17, 15) is 14.4 Å². The minimum atomic E-state index is -0.489. The second kappa shape index (κ2) is 6.93. The number of aryl methyl sites for hydroxylation is 1. The number of aromatic nitrogens is 1. The molecule has 1 fully saturated rings. The van der Waals surface area contributed by atoms with Crippen LogP contribution in [0.5, 0.6) is 0 Å². The molecule has 0 spiro atoms. The van der Waals surface area contributed by atoms with E-state index >= 15 is 0 Å². The van der Waals surface area contributed by atoms with Crippen LogP contribution in [0.15, 0.2) is 47.4 Å². The van der Waals surface area contributed by atoms with Crippen molar-refractivity contribution in [2.75, 3.05) is 12.0 Å². The van der Waals surface area contributed by atoms with Crippen LogP contribution in [0.3, 0.4) is 0 Å². The first-order chi connectivity index (χ1) is 12.0. The monoisotopic (exact) mass is 340 g/mol. The van der Waals surface area contributed by atoms with Gasteiger partial charge in [0.15, 0.2) is 0 Å². The number of anilines is 1. The van der Waals surface area contributed by atoms with Gasteiger partial charge in [-0.3, -0.25) is 9.59 Å². The van der Waals surface area contributed by atoms with Crippen molar-refractivity contribution in [2.24, 2.45) is 7.05 Å². The average Bonchev–Trinajstić information content (AvgIpc) is 2.59. The maximum absolute atomic E-state index is 13.1. The summed E-state index contributed by atoms with van der Waals surface area (Å²) in [6.45, 7) is 0. The van der Waals surface area contributed by atoms with Crippen LogP contribution in [0.1, 0.15) is 40.0 Å². The fraction of sp³-hybridized carbons (Fsp3) is 0.316. The van der Waals surface area contributed by atoms with Gasteiger partial charge < -0.3 is 14.2 Å². The lowest BCUT2D eigenvalue weighted by molar-refractivity contribution is 0.0601. The van der Waals surface area contributed by atoms with Crippen LogP contribution < -0.4 is 10.5 Å². The van der Waals surface area contributed by atoms with Crippen LogP contribution in [-0.4, -0.2) is 29.6 Å². The lowest BCUT2D eigenvalue weighted by Crippen LogP contribution is -2.45. The molecule has 2 aromatic rings. The van der Waals surface area contributed by atoms with Gasteiger partial charge in [0.05, 0.1) is 18.4 Å². The second-order valence-corrected chi connectivity index (χ2v) is 6.13. The molecular weight excluding hydrogens is 320 g/mol. The number of methoxy groups -OCH3 is 1. The first kappa shape index (κ1) is 17.0. The van der Waals surface area contributed by atoms with E-state index in [0.29, 0.717) is 16.8 Å². The maximum Gasteiger partial charge on any atom is 0.339 e. The number of ether oxygens (including phenoxy) is 1. The molecule has 0 aliphatic heterocycles. The van der Waals surface area contributed by atoms with Gasteiger partial charge in [0, 0.05) is 30.9 Å². The summed E-state index contributed by atoms with van der Waals surface area (Å²) in [4.78, 5) is 38.8. The predicted molar refractivity (Wildman–Crippen MR) is 93.9 cm³/mol. The summed E-state index contributed by atoms with van der Waals surface area (Å²) in [6.07, 6.45) is 4.34. The summed E-state index contributed by atoms with van der Waals surface area (Å²) in [6, 6.07) is 9.86. The SMILES string of the molecule is COC(=O)c1ccccc1N(C(=O)c1ccn(C)c(=O)c1)C1CCC1. The van der Waals surface area contributed by atoms with Gasteiger partial charge in [-0.05, 0) is 37.5 Å². The van der Waals surface area contributed by atoms with Crippen LogP contribution in [0, 0.1) is 0 Å². The van der Waals surface area contributed by atoms with Crippen molar-refractivity contribution >= 4 is 17.6 Å². The van der Waals surface area contributed by atoms with Gasteiger partial charge in [-0.15, -0.1) is 0 Å². The summed E-state index contributed by atoms with van der Waals surface area (Å²) in [5.41, 5.74) is 0.925. The summed E-state index contributed by atoms with van der Waals surface area (Å²) in [7, 11) is 2.95. The first-order valence-electron chi connectivity index (χ1n) is 8.20. The third-order valence-corrected chi connectivity index (χ3v) is 4.58. The van der Waals surface area contributed by atoms with Crippen LogP contribution in [0.2, 0.25) is 0 Å². The van der Waals surface area contributed by atoms with E-state index in [-0.39, 0.29) is 17.5 Å². The van der Waals surface area contributed by atoms with E-state index in [1.165, 1.54) is 17.7 Å². The van der Waals surface area contributed by atoms with E-state index in [2.05, 4.69) is 0 Å². The van der Waals surface area contributed by atoms with Crippen molar-refractivity contribution in [2.45, 2.75) is 25.3 Å². The average molecular weight is 340 g/mol. The van der Waals surface area contributed by atoms with Crippen molar-refractivity contribution in [3.05, 3.63) is 64.1 Å². The molecule has 1 heterocycles. The minimum Gasteiger partial charge on any atom is -0.465 e. The van der Waals surface area contributed by atoms with Crippen LogP contribution in [0.25, 0.3) is 0 Å². The number of hydrogen-bond donors (Lipinski definition) is 0. The van der Waals surface area contributed by atoms with Gasteiger partial charge in [0.25, 0.3) is 11.5 Å². The molecule has 1 aromatic heterocycles. The number of para-hydroxylation sites is 1. The maximum atomic E-state index is 13.1. The molecule has 0 N–H and O–H groups in total. The van der Waals surface area contributed by atoms with Crippen LogP contribution in [0.4, 0.5) is 5.69 Å². The fourth-order valence-electron chi connectivity index (χ4n) is 2.90. The zero-order valence-electron chi connectivity index (χ0n) is 14.3. The highest BCUT2D eigenvalue weighted by Crippen LogP contribution is 2.33. The third-order valence-electron chi connectivity index (χ3n) is 4.58. The van der Waals surface area contributed by atoms with Gasteiger partial charge >= 0.3 is 5.97 Å². The van der Waals surface area contributed by atoms with E-state index in [0.717, 1.165) is 19.3 Å². The highest BCUT2D eigenvalue weighted by molar-refractivity contribution is 6.10. The first-order valence-corrected chi connectivity index (χ1v) is 8.20. The van der Waals surface area contributed by atoms with Gasteiger partial charge in [-0.25, -0.2) is 4.79 Å². The number of rotatable bonds is 4. The molecule has 25 heavy (non-hydrogen) atoms. The van der Waals surface area contributed by atoms with Crippen LogP contribution in [-0.2, 0) is 11.8 Å². The van der Waals surface area contributed by atoms with E-state index < -0.39 is 5.97 Å². The number of amides is 1. The molecule has 0 bridgehead atoms. The van der Waals surface area contributed by atoms with E-state index in [4.69, 9.17) is 4.74 Å². The Morgan fingerprint density at radius 3 is 2.52 bits per heavy atom. The molecular formula is C19H20N2O4. The topological polar surface area (TPSA) is 68.6 Å². The number of hydrogen-bond acceptors (Lipinski definition) is 4. The molecule has 130 valence electrons. The third kappa shape index (κ3) is 3.20. The van der Waals surface area contributed by atoms with E-state index in [1.807, 2.05) is 0 Å². The van der Waals surface area contributed by atoms with Gasteiger partial charge in [-0.1, -0.05) is 12.1 Å². The molecule has 0 unspecified atom stereocenters. The molecule has 6 nitrogen and oxygen atoms in total. The van der Waals surface area contributed by atoms with Crippen molar-refractivity contribution in [3.8, 4) is 0 Å². The molecule has 0 saturated heterocycles. The summed E-state index contributed by atoms with van der Waals surface area (Å²) in [5.74, 6) is -0.768. The molecule has 1 aliphatic rings. The summed E-state index contributed by atoms with van der Waals surface area (Å²) >= 11 is 0. The molecule has 1 aromatic carbocycles. The molecule has 1 amide bonds. The molecule has 0 atom stereocenters. The molecule has 1 saturated carbocycles. The number of benzene rings is 1. The Bertz CT molecular complexity index is 868. The van der Waals surface area contributed by atoms with Crippen molar-refractivity contribution in [1.29, 1.82) is 0 Å². The van der Waals surface area contributed by atoms with Crippen molar-refractivity contribution in [1.82, 2.24) is 4.57 Å². The summed E-state index contributed by atoms with van der Waals surface area (Å²) in [5, 5.41) is 0. The number of carbonyl (C=O) groups is 2. The fourth-order valence-corrected chi connectivity index (χ4v) is 2.90. The van der Waals surface area contributed by atoms with E-state index in [1.54, 1.807) is 48.5 Å². The largest absolute Gasteiger partial charge is 0.465 e. The van der Waals surface area contributed by atoms with Crippen molar-refractivity contribution in [3.63, 3.8) is 0 Å². The van der Waals surface area contributed by atoms with Gasteiger partial charge in [0.2, 0.25) is 0 Å². The molecule has 1 aliphatic carbocycles. The smallest absolute Gasteiger partial charge is 0.339 e. The molecule has 0 radical (unpaired) electrons. The molecule has 6 heteroatoms. The number of esters is 1. The number of pyridine rings is 1. The Morgan fingerprint density at radius 2 is 1.92 bits per heavy atom. The highest BCUT2D eigenvalue weighted by Gasteiger charge is 2.33. The second-order valence-electron chi connectivity index (χ2n) is 6.13. The Balaban J connectivity index is 2.07. The molecule has 3 rings (SSSR count). The normalized spacial score (nSPS) is 13.8. The highest BCUT2D eigenvalue weighted by atomic mass is 16.5. The Morgan fingerprint density at radius 1 is 1.20 bits per heavy atom. The van der Waals surface area contributed by atoms with Crippen molar-refractivity contribution < 1.29 is 14.3 Å². The summed E-state index contributed by atoms with van der Waals surface area (Å²) < 4.78 is 6.26. The number of nitrogens with zero attached hydrogens (tertiary/aromatic N) is 2. The predicted octanol–water partition coefficient (Wildman–Crippen LogP) is 2.37. The lowest BCUT2D eigenvalue weighted by atomic mass is 9.90. The minimum absolute atomic E-state index is 0.0161. The Kier molecular flexibility index (Phi) is 4.70. The quantitative estimate of drug-likeness (QED) is 0.801. The van der Waals surface area contributed by atoms with Crippen LogP contribution >= 0.6 is 0 Å². The Labute approximate surface area is 145 Å². The number of carbonyl (C=O) groups excluding carboxylic acids is 2. The lowest BCUT2D eigenvalue weighted by Gasteiger charge is -2.38. The standard InChI is InChI=1S/C19H20N2O4/c1-20-11-10-13(12-17(20)22)18(23)21(14-6-5-7-14)16-9-4-3-8-15(16)19(24)25-2/h3-4,8-12,14H,5-7H2,1-2H3. The Hall–Kier alpha value is -2.89. The van der Waals surface area contributed by atoms with Gasteiger partial charge in [0.1, 0.15) is 0 Å². The van der Waals surface area contributed by atoms with Gasteiger partial charge in [-0.2, -0.15) is 0 Å².